The van der Waals surface area contributed by atoms with Crippen LogP contribution in [0.3, 0.4) is 0 Å². The number of rotatable bonds is 7. The number of hydrogen-bond acceptors (Lipinski definition) is 1. The molecule has 4 heteroatoms. The van der Waals surface area contributed by atoms with Gasteiger partial charge in [-0.25, -0.2) is 0 Å². The molecule has 0 amide bonds. The summed E-state index contributed by atoms with van der Waals surface area (Å²) in [6, 6.07) is 1.23. The molecule has 0 aliphatic heterocycles. The zero-order valence-corrected chi connectivity index (χ0v) is 18.1. The first-order chi connectivity index (χ1) is 10.3. The van der Waals surface area contributed by atoms with Crippen molar-refractivity contribution in [1.29, 1.82) is 0 Å². The Bertz CT molecular complexity index is 333. The van der Waals surface area contributed by atoms with Crippen LogP contribution in [0.2, 0.25) is 13.1 Å². The van der Waals surface area contributed by atoms with Crippen LogP contribution in [0.1, 0.15) is 34.1 Å². The number of hydrogen-bond donors (Lipinski definition) is 0. The van der Waals surface area contributed by atoms with E-state index in [0.717, 1.165) is 13.0 Å². The van der Waals surface area contributed by atoms with Crippen molar-refractivity contribution in [3.63, 3.8) is 0 Å². The normalized spacial score (nSPS) is 20.9. The van der Waals surface area contributed by atoms with Crippen molar-refractivity contribution in [2.24, 2.45) is 0 Å². The average molecular weight is 327 g/mol. The Balaban J connectivity index is 0.00000264. The van der Waals surface area contributed by atoms with Crippen LogP contribution in [-0.2, 0) is 0 Å². The predicted octanol–water partition coefficient (Wildman–Crippen LogP) is -1.53. The maximum atomic E-state index is 2.58. The predicted molar refractivity (Wildman–Crippen MR) is 98.9 cm³/mol. The van der Waals surface area contributed by atoms with Gasteiger partial charge in [-0.1, -0.05) is 13.1 Å². The summed E-state index contributed by atoms with van der Waals surface area (Å²) in [5.41, 5.74) is 3.10. The van der Waals surface area contributed by atoms with E-state index in [1.165, 1.54) is 11.5 Å². The summed E-state index contributed by atoms with van der Waals surface area (Å²) in [6.07, 6.45) is 17.2. The minimum absolute atomic E-state index is 0. The summed E-state index contributed by atoms with van der Waals surface area (Å²) in [6.45, 7) is 15.2. The van der Waals surface area contributed by atoms with Crippen molar-refractivity contribution < 1.29 is 37.7 Å². The third kappa shape index (κ3) is 6.52. The second-order valence-electron chi connectivity index (χ2n) is 7.48. The summed E-state index contributed by atoms with van der Waals surface area (Å²) in [5.74, 6) is 1.49. The van der Waals surface area contributed by atoms with Crippen LogP contribution < -0.4 is 37.7 Å². The second-order valence-corrected chi connectivity index (χ2v) is 11.9. The van der Waals surface area contributed by atoms with Gasteiger partial charge in [-0.15, -0.1) is 0 Å². The average Bonchev–Trinajstić information content (AvgIpc) is 3.10. The third-order valence-corrected chi connectivity index (χ3v) is 8.44. The quantitative estimate of drug-likeness (QED) is 0.513. The fraction of sp³-hybridized carbons (Fsp3) is 0.500. The summed E-state index contributed by atoms with van der Waals surface area (Å²) < 4.78 is 0. The Morgan fingerprint density at radius 3 is 1.88 bits per heavy atom. The van der Waals surface area contributed by atoms with E-state index >= 15 is 0 Å². The van der Waals surface area contributed by atoms with Gasteiger partial charge in [-0.3, -0.25) is 4.90 Å². The largest absolute Gasteiger partial charge is 1.00 e. The van der Waals surface area contributed by atoms with Gasteiger partial charge in [0.25, 0.3) is 0 Å². The van der Waals surface area contributed by atoms with E-state index in [-0.39, 0.29) is 37.7 Å². The maximum Gasteiger partial charge on any atom is 1.00 e. The Morgan fingerprint density at radius 1 is 0.833 bits per heavy atom. The zero-order chi connectivity index (χ0) is 16.3. The van der Waals surface area contributed by atoms with Crippen LogP contribution in [0.4, 0.5) is 0 Å². The summed E-state index contributed by atoms with van der Waals surface area (Å²) in [4.78, 5) is 2.58. The molecule has 0 spiro atoms. The summed E-state index contributed by atoms with van der Waals surface area (Å²) in [7, 11) is -1.50. The topological polar surface area (TPSA) is 3.24 Å². The van der Waals surface area contributed by atoms with Crippen molar-refractivity contribution in [3.05, 3.63) is 61.9 Å². The molecule has 2 fully saturated rings. The molecule has 0 unspecified atom stereocenters. The van der Waals surface area contributed by atoms with Crippen molar-refractivity contribution in [2.45, 2.75) is 59.3 Å². The van der Waals surface area contributed by atoms with E-state index in [1.807, 2.05) is 0 Å². The van der Waals surface area contributed by atoms with Crippen molar-refractivity contribution >= 4 is 8.07 Å². The van der Waals surface area contributed by atoms with Gasteiger partial charge in [-0.2, -0.15) is 0 Å². The Kier molecular flexibility index (Phi) is 11.9. The molecule has 2 saturated carbocycles. The summed E-state index contributed by atoms with van der Waals surface area (Å²) in [5, 5.41) is 0. The molecule has 0 saturated heterocycles. The molecule has 2 aliphatic rings. The molecule has 0 atom stereocenters. The fourth-order valence-corrected chi connectivity index (χ4v) is 5.77. The Morgan fingerprint density at radius 2 is 1.38 bits per heavy atom. The van der Waals surface area contributed by atoms with Gasteiger partial charge in [0.1, 0.15) is 0 Å². The fourth-order valence-electron chi connectivity index (χ4n) is 3.37. The molecule has 10 radical (unpaired) electrons. The first kappa shape index (κ1) is 25.4. The molecule has 0 aromatic carbocycles. The van der Waals surface area contributed by atoms with E-state index in [4.69, 9.17) is 0 Å². The van der Waals surface area contributed by atoms with E-state index in [0.29, 0.717) is 12.1 Å². The van der Waals surface area contributed by atoms with Gasteiger partial charge in [0.15, 0.2) is 0 Å². The Hall–Kier alpha value is 1.37. The van der Waals surface area contributed by atoms with Gasteiger partial charge < -0.3 is 0 Å². The molecule has 0 aromatic heterocycles. The molecule has 120 valence electrons. The van der Waals surface area contributed by atoms with Crippen LogP contribution in [0.25, 0.3) is 0 Å². The molecule has 0 aromatic rings. The molecule has 0 heterocycles. The SMILES string of the molecule is CC(C)N(CC[C]1[CH][CH][C]([Si](C)(C)[C]2[CH][CH][CH][CH]2)[CH]1)C(C)C.[Li+].[Li+]. The molecule has 2 rings (SSSR count). The van der Waals surface area contributed by atoms with Gasteiger partial charge in [-0.05, 0) is 103 Å². The third-order valence-electron chi connectivity index (χ3n) is 4.91. The van der Waals surface area contributed by atoms with Crippen LogP contribution in [0, 0.1) is 61.9 Å². The van der Waals surface area contributed by atoms with Crippen molar-refractivity contribution in [2.75, 3.05) is 6.54 Å². The van der Waals surface area contributed by atoms with Gasteiger partial charge in [0.2, 0.25) is 0 Å². The van der Waals surface area contributed by atoms with Crippen LogP contribution in [0.15, 0.2) is 0 Å². The van der Waals surface area contributed by atoms with Crippen LogP contribution in [-0.4, -0.2) is 31.6 Å². The molecule has 2 aliphatic carbocycles. The minimum atomic E-state index is -1.50. The van der Waals surface area contributed by atoms with Crippen LogP contribution in [0.5, 0.6) is 0 Å². The molecule has 1 nitrogen and oxygen atoms in total. The van der Waals surface area contributed by atoms with E-state index in [2.05, 4.69) is 90.6 Å². The van der Waals surface area contributed by atoms with Crippen LogP contribution >= 0.6 is 0 Å². The van der Waals surface area contributed by atoms with E-state index < -0.39 is 8.07 Å². The first-order valence-electron chi connectivity index (χ1n) is 8.56. The molecule has 24 heavy (non-hydrogen) atoms. The second kappa shape index (κ2) is 11.3. The zero-order valence-electron chi connectivity index (χ0n) is 17.1. The smallest absolute Gasteiger partial charge is 0.299 e. The van der Waals surface area contributed by atoms with Crippen molar-refractivity contribution in [3.8, 4) is 0 Å². The van der Waals surface area contributed by atoms with Gasteiger partial charge >= 0.3 is 37.7 Å². The van der Waals surface area contributed by atoms with Gasteiger partial charge in [0, 0.05) is 12.1 Å². The number of nitrogens with zero attached hydrogens (tertiary/aromatic N) is 1. The van der Waals surface area contributed by atoms with Gasteiger partial charge in [0.05, 0.1) is 8.07 Å². The standard InChI is InChI=1S/C20H31NSi.2Li/c1-16(2)21(17(3)4)14-13-18-11-12-20(15-18)22(5,6)19-9-7-8-10-19;;/h7-12,15-17H,13-14H2,1-6H3;;/q;2*+1. The molecular weight excluding hydrogens is 296 g/mol. The van der Waals surface area contributed by atoms with E-state index in [9.17, 15) is 0 Å². The minimum Gasteiger partial charge on any atom is -0.299 e. The monoisotopic (exact) mass is 327 g/mol. The maximum absolute atomic E-state index is 2.58. The molecule has 0 N–H and O–H groups in total. The molecule has 0 bridgehead atoms. The van der Waals surface area contributed by atoms with E-state index in [1.54, 1.807) is 5.54 Å². The first-order valence-corrected chi connectivity index (χ1v) is 11.6. The Labute approximate surface area is 177 Å². The van der Waals surface area contributed by atoms with Crippen molar-refractivity contribution in [1.82, 2.24) is 4.90 Å². The summed E-state index contributed by atoms with van der Waals surface area (Å²) >= 11 is 0. The molecular formula is C20H31Li2NSi+2.